The molecule has 2 atom stereocenters. The number of halogens is 1. The molecule has 1 aromatic heterocycles. The molecule has 0 aliphatic carbocycles. The number of carbonyl (C=O) groups excluding carboxylic acids is 1. The monoisotopic (exact) mass is 489 g/mol. The van der Waals surface area contributed by atoms with Gasteiger partial charge in [0.05, 0.1) is 27.0 Å². The minimum Gasteiger partial charge on any atom is -1.00 e. The summed E-state index contributed by atoms with van der Waals surface area (Å²) in [5, 5.41) is 7.20. The van der Waals surface area contributed by atoms with Crippen molar-refractivity contribution in [2.45, 2.75) is 33.2 Å². The first-order valence-electron chi connectivity index (χ1n) is 10.8. The van der Waals surface area contributed by atoms with Crippen molar-refractivity contribution in [3.63, 3.8) is 0 Å². The largest absolute Gasteiger partial charge is 1.00 e. The summed E-state index contributed by atoms with van der Waals surface area (Å²) in [4.78, 5) is 12.7. The van der Waals surface area contributed by atoms with Crippen molar-refractivity contribution in [3.05, 3.63) is 42.2 Å². The lowest BCUT2D eigenvalue weighted by Crippen LogP contribution is -3.00. The first-order chi connectivity index (χ1) is 15.8. The number of hydrogen-bond donors (Lipinski definition) is 2. The number of rotatable bonds is 9. The maximum absolute atomic E-state index is 12.7. The lowest BCUT2D eigenvalue weighted by atomic mass is 9.98. The number of aryl methyl sites for hydroxylation is 1. The molecule has 0 aliphatic rings. The highest BCUT2D eigenvalue weighted by atomic mass is 35.5. The number of benzene rings is 2. The van der Waals surface area contributed by atoms with Gasteiger partial charge < -0.3 is 42.2 Å². The van der Waals surface area contributed by atoms with Crippen LogP contribution in [-0.4, -0.2) is 38.4 Å². The Bertz CT molecular complexity index is 1130. The van der Waals surface area contributed by atoms with E-state index in [-0.39, 0.29) is 30.3 Å². The van der Waals surface area contributed by atoms with Crippen LogP contribution in [0.2, 0.25) is 0 Å². The molecule has 0 saturated carbocycles. The summed E-state index contributed by atoms with van der Waals surface area (Å²) >= 11 is 0. The van der Waals surface area contributed by atoms with Crippen LogP contribution in [0.1, 0.15) is 25.8 Å². The average molecular weight is 490 g/mol. The molecule has 0 spiro atoms. The molecule has 0 bridgehead atoms. The van der Waals surface area contributed by atoms with Crippen LogP contribution in [0.3, 0.4) is 0 Å². The van der Waals surface area contributed by atoms with Gasteiger partial charge in [0.2, 0.25) is 0 Å². The van der Waals surface area contributed by atoms with E-state index in [1.54, 1.807) is 27.6 Å². The van der Waals surface area contributed by atoms with E-state index in [0.29, 0.717) is 28.6 Å². The van der Waals surface area contributed by atoms with Crippen LogP contribution in [0, 0.1) is 12.8 Å². The van der Waals surface area contributed by atoms with E-state index in [2.05, 4.69) is 16.2 Å². The van der Waals surface area contributed by atoms with Crippen LogP contribution in [0.15, 0.2) is 41.1 Å². The number of ether oxygens (including phenoxy) is 3. The zero-order valence-electron chi connectivity index (χ0n) is 20.4. The van der Waals surface area contributed by atoms with Gasteiger partial charge in [0, 0.05) is 17.0 Å². The van der Waals surface area contributed by atoms with Crippen LogP contribution in [0.4, 0.5) is 5.69 Å². The third-order valence-corrected chi connectivity index (χ3v) is 5.94. The molecular formula is C25H32ClN3O5. The summed E-state index contributed by atoms with van der Waals surface area (Å²) in [7, 11) is 4.77. The third-order valence-electron chi connectivity index (χ3n) is 5.94. The van der Waals surface area contributed by atoms with Gasteiger partial charge in [-0.05, 0) is 48.7 Å². The number of methoxy groups -OCH3 is 3. The van der Waals surface area contributed by atoms with Gasteiger partial charge in [-0.25, -0.2) is 0 Å². The standard InChI is InChI=1S/C25H31N3O5.ClH/c1-7-14(2)22(26)25(29)27-19-11-16(8-9-20(19)30-4)18-13-33-28-23(18)17-10-15(3)24(32-6)21(12-17)31-5;/h8-14,22H,7,26H2,1-6H3,(H,27,29);1H. The first-order valence-corrected chi connectivity index (χ1v) is 10.8. The number of hydrogen-bond acceptors (Lipinski definition) is 6. The van der Waals surface area contributed by atoms with Crippen LogP contribution in [0.5, 0.6) is 17.2 Å². The van der Waals surface area contributed by atoms with Gasteiger partial charge in [0.1, 0.15) is 17.7 Å². The number of nitrogens with zero attached hydrogens (tertiary/aromatic N) is 1. The predicted molar refractivity (Wildman–Crippen MR) is 127 cm³/mol. The van der Waals surface area contributed by atoms with Crippen molar-refractivity contribution in [2.24, 2.45) is 5.92 Å². The predicted octanol–water partition coefficient (Wildman–Crippen LogP) is 0.942. The number of amides is 1. The first kappa shape index (κ1) is 27.0. The fourth-order valence-corrected chi connectivity index (χ4v) is 3.68. The molecule has 3 aromatic rings. The molecule has 4 N–H and O–H groups in total. The van der Waals surface area contributed by atoms with E-state index in [1.165, 1.54) is 0 Å². The molecule has 1 amide bonds. The maximum Gasteiger partial charge on any atom is 0.282 e. The number of anilines is 1. The molecule has 0 aliphatic heterocycles. The number of nitrogens with one attached hydrogen (secondary N) is 1. The molecule has 3 rings (SSSR count). The second kappa shape index (κ2) is 11.8. The Morgan fingerprint density at radius 3 is 2.41 bits per heavy atom. The van der Waals surface area contributed by atoms with Gasteiger partial charge >= 0.3 is 0 Å². The fourth-order valence-electron chi connectivity index (χ4n) is 3.68. The second-order valence-electron chi connectivity index (χ2n) is 8.00. The summed E-state index contributed by atoms with van der Waals surface area (Å²) in [6.07, 6.45) is 2.45. The Balaban J connectivity index is 0.00000408. The topological polar surface area (TPSA) is 110 Å². The van der Waals surface area contributed by atoms with Crippen molar-refractivity contribution in [1.82, 2.24) is 5.16 Å². The molecule has 34 heavy (non-hydrogen) atoms. The van der Waals surface area contributed by atoms with Gasteiger partial charge in [0.25, 0.3) is 5.91 Å². The summed E-state index contributed by atoms with van der Waals surface area (Å²) in [6, 6.07) is 9.01. The Morgan fingerprint density at radius 1 is 1.09 bits per heavy atom. The fraction of sp³-hybridized carbons (Fsp3) is 0.360. The summed E-state index contributed by atoms with van der Waals surface area (Å²) < 4.78 is 21.7. The van der Waals surface area contributed by atoms with E-state index in [4.69, 9.17) is 18.7 Å². The van der Waals surface area contributed by atoms with E-state index in [1.807, 2.05) is 51.1 Å². The second-order valence-corrected chi connectivity index (χ2v) is 8.00. The third kappa shape index (κ3) is 5.46. The van der Waals surface area contributed by atoms with Gasteiger partial charge in [0.15, 0.2) is 17.5 Å². The SMILES string of the molecule is CCC(C)C([NH3+])C(=O)Nc1cc(-c2conc2-c2cc(C)c(OC)c(OC)c2)ccc1OC.[Cl-]. The summed E-state index contributed by atoms with van der Waals surface area (Å²) in [5.74, 6) is 1.85. The molecule has 184 valence electrons. The Hall–Kier alpha value is -3.23. The van der Waals surface area contributed by atoms with Gasteiger partial charge in [-0.15, -0.1) is 0 Å². The van der Waals surface area contributed by atoms with E-state index in [9.17, 15) is 4.79 Å². The normalized spacial score (nSPS) is 12.3. The molecule has 2 aromatic carbocycles. The van der Waals surface area contributed by atoms with Crippen molar-refractivity contribution in [3.8, 4) is 39.6 Å². The smallest absolute Gasteiger partial charge is 0.282 e. The lowest BCUT2D eigenvalue weighted by molar-refractivity contribution is -0.414. The highest BCUT2D eigenvalue weighted by Crippen LogP contribution is 2.40. The van der Waals surface area contributed by atoms with E-state index < -0.39 is 0 Å². The van der Waals surface area contributed by atoms with Crippen molar-refractivity contribution < 1.29 is 41.7 Å². The Morgan fingerprint density at radius 2 is 1.79 bits per heavy atom. The zero-order chi connectivity index (χ0) is 24.1. The van der Waals surface area contributed by atoms with Crippen molar-refractivity contribution >= 4 is 11.6 Å². The lowest BCUT2D eigenvalue weighted by Gasteiger charge is -2.17. The molecule has 0 fully saturated rings. The molecule has 1 heterocycles. The highest BCUT2D eigenvalue weighted by Gasteiger charge is 2.25. The molecule has 8 nitrogen and oxygen atoms in total. The summed E-state index contributed by atoms with van der Waals surface area (Å²) in [6.45, 7) is 6.00. The minimum atomic E-state index is -0.371. The summed E-state index contributed by atoms with van der Waals surface area (Å²) in [5.41, 5.74) is 8.56. The van der Waals surface area contributed by atoms with Crippen LogP contribution in [0.25, 0.3) is 22.4 Å². The van der Waals surface area contributed by atoms with Gasteiger partial charge in [-0.3, -0.25) is 4.79 Å². The highest BCUT2D eigenvalue weighted by molar-refractivity contribution is 5.96. The van der Waals surface area contributed by atoms with Crippen molar-refractivity contribution in [2.75, 3.05) is 26.6 Å². The van der Waals surface area contributed by atoms with Gasteiger partial charge in [-0.2, -0.15) is 0 Å². The van der Waals surface area contributed by atoms with Crippen LogP contribution < -0.4 is 37.7 Å². The average Bonchev–Trinajstić information content (AvgIpc) is 3.32. The van der Waals surface area contributed by atoms with Crippen LogP contribution >= 0.6 is 0 Å². The van der Waals surface area contributed by atoms with Gasteiger partial charge in [-0.1, -0.05) is 25.1 Å². The molecule has 9 heteroatoms. The number of quaternary nitrogens is 1. The van der Waals surface area contributed by atoms with E-state index in [0.717, 1.165) is 28.7 Å². The molecule has 2 unspecified atom stereocenters. The Labute approximate surface area is 206 Å². The maximum atomic E-state index is 12.7. The van der Waals surface area contributed by atoms with E-state index >= 15 is 0 Å². The minimum absolute atomic E-state index is 0. The van der Waals surface area contributed by atoms with Crippen LogP contribution in [-0.2, 0) is 4.79 Å². The zero-order valence-corrected chi connectivity index (χ0v) is 21.2. The number of aromatic nitrogens is 1. The molecule has 0 radical (unpaired) electrons. The Kier molecular flexibility index (Phi) is 9.35. The molecule has 0 saturated heterocycles. The number of carbonyl (C=O) groups is 1. The molecular weight excluding hydrogens is 458 g/mol. The quantitative estimate of drug-likeness (QED) is 0.463. The van der Waals surface area contributed by atoms with Crippen molar-refractivity contribution in [1.29, 1.82) is 0 Å².